The number of para-hydroxylation sites is 2. The van der Waals surface area contributed by atoms with Crippen LogP contribution < -0.4 is 19.1 Å². The van der Waals surface area contributed by atoms with Gasteiger partial charge in [-0.3, -0.25) is 4.90 Å². The molecule has 0 bridgehead atoms. The van der Waals surface area contributed by atoms with Gasteiger partial charge in [0.05, 0.1) is 12.8 Å². The van der Waals surface area contributed by atoms with Crippen LogP contribution in [-0.2, 0) is 6.42 Å². The molecule has 0 radical (unpaired) electrons. The quantitative estimate of drug-likeness (QED) is 0.630. The second kappa shape index (κ2) is 9.88. The van der Waals surface area contributed by atoms with Crippen molar-refractivity contribution in [1.82, 2.24) is 4.90 Å². The molecule has 5 heteroatoms. The summed E-state index contributed by atoms with van der Waals surface area (Å²) in [6.07, 6.45) is 4.83. The Hall–Kier alpha value is -2.40. The number of fused-ring (bicyclic) bond motifs is 1. The molecule has 2 aromatic rings. The molecule has 0 atom stereocenters. The number of methoxy groups -OCH3 is 1. The highest BCUT2D eigenvalue weighted by Gasteiger charge is 2.23. The second-order valence-electron chi connectivity index (χ2n) is 7.75. The van der Waals surface area contributed by atoms with Gasteiger partial charge in [0, 0.05) is 26.2 Å². The Kier molecular flexibility index (Phi) is 6.78. The monoisotopic (exact) mass is 396 g/mol. The van der Waals surface area contributed by atoms with Crippen LogP contribution in [0.1, 0.15) is 24.8 Å². The van der Waals surface area contributed by atoms with E-state index in [1.54, 1.807) is 7.11 Å². The smallest absolute Gasteiger partial charge is 0.184 e. The van der Waals surface area contributed by atoms with Gasteiger partial charge in [-0.2, -0.15) is 0 Å². The summed E-state index contributed by atoms with van der Waals surface area (Å²) < 4.78 is 17.1. The van der Waals surface area contributed by atoms with Gasteiger partial charge in [-0.25, -0.2) is 0 Å². The van der Waals surface area contributed by atoms with Crippen molar-refractivity contribution in [2.24, 2.45) is 0 Å². The zero-order chi connectivity index (χ0) is 19.9. The van der Waals surface area contributed by atoms with Gasteiger partial charge >= 0.3 is 0 Å². The first kappa shape index (κ1) is 19.9. The van der Waals surface area contributed by atoms with E-state index in [1.165, 1.54) is 37.1 Å². The predicted octanol–water partition coefficient (Wildman–Crippen LogP) is 4.00. The minimum absolute atomic E-state index is 0.638. The summed E-state index contributed by atoms with van der Waals surface area (Å²) in [5.74, 6) is 2.82. The van der Waals surface area contributed by atoms with E-state index >= 15 is 0 Å². The fourth-order valence-electron chi connectivity index (χ4n) is 4.26. The van der Waals surface area contributed by atoms with Gasteiger partial charge in [-0.1, -0.05) is 30.7 Å². The summed E-state index contributed by atoms with van der Waals surface area (Å²) in [5.41, 5.74) is 2.50. The Morgan fingerprint density at radius 2 is 1.69 bits per heavy atom. The normalized spacial score (nSPS) is 16.7. The highest BCUT2D eigenvalue weighted by atomic mass is 16.6. The molecule has 1 fully saturated rings. The molecule has 0 N–H and O–H groups in total. The van der Waals surface area contributed by atoms with E-state index in [1.807, 2.05) is 12.1 Å². The number of aryl methyl sites for hydroxylation is 1. The number of benzene rings is 2. The molecule has 0 unspecified atom stereocenters. The molecular formula is C24H32N2O3. The van der Waals surface area contributed by atoms with Crippen LogP contribution in [0.4, 0.5) is 5.69 Å². The molecular weight excluding hydrogens is 364 g/mol. The van der Waals surface area contributed by atoms with Crippen molar-refractivity contribution in [3.63, 3.8) is 0 Å². The molecule has 2 heterocycles. The number of nitrogens with zero attached hydrogens (tertiary/aromatic N) is 2. The minimum Gasteiger partial charge on any atom is -0.496 e. The van der Waals surface area contributed by atoms with Crippen molar-refractivity contribution >= 4 is 5.69 Å². The Balaban J connectivity index is 1.18. The molecule has 2 aromatic carbocycles. The lowest BCUT2D eigenvalue weighted by Crippen LogP contribution is -2.46. The van der Waals surface area contributed by atoms with Crippen LogP contribution >= 0.6 is 0 Å². The Morgan fingerprint density at radius 1 is 0.862 bits per heavy atom. The van der Waals surface area contributed by atoms with E-state index in [0.29, 0.717) is 13.2 Å². The van der Waals surface area contributed by atoms with Gasteiger partial charge in [0.2, 0.25) is 0 Å². The van der Waals surface area contributed by atoms with Crippen LogP contribution in [0.3, 0.4) is 0 Å². The van der Waals surface area contributed by atoms with E-state index < -0.39 is 0 Å². The lowest BCUT2D eigenvalue weighted by atomic mass is 10.1. The topological polar surface area (TPSA) is 34.2 Å². The fourth-order valence-corrected chi connectivity index (χ4v) is 4.26. The zero-order valence-electron chi connectivity index (χ0n) is 17.4. The number of piperazine rings is 1. The summed E-state index contributed by atoms with van der Waals surface area (Å²) in [5, 5.41) is 0. The van der Waals surface area contributed by atoms with Crippen molar-refractivity contribution in [2.45, 2.75) is 25.7 Å². The molecule has 0 amide bonds. The molecule has 29 heavy (non-hydrogen) atoms. The molecule has 4 rings (SSSR count). The summed E-state index contributed by atoms with van der Waals surface area (Å²) in [4.78, 5) is 5.03. The van der Waals surface area contributed by atoms with Crippen LogP contribution in [0, 0.1) is 0 Å². The van der Waals surface area contributed by atoms with E-state index in [2.05, 4.69) is 40.1 Å². The van der Waals surface area contributed by atoms with E-state index in [9.17, 15) is 0 Å². The fraction of sp³-hybridized carbons (Fsp3) is 0.500. The summed E-state index contributed by atoms with van der Waals surface area (Å²) >= 11 is 0. The number of hydrogen-bond donors (Lipinski definition) is 0. The Labute approximate surface area is 174 Å². The summed E-state index contributed by atoms with van der Waals surface area (Å²) in [7, 11) is 1.75. The lowest BCUT2D eigenvalue weighted by molar-refractivity contribution is 0.171. The highest BCUT2D eigenvalue weighted by molar-refractivity contribution is 5.65. The minimum atomic E-state index is 0.638. The third kappa shape index (κ3) is 4.96. The molecule has 0 aromatic heterocycles. The van der Waals surface area contributed by atoms with Crippen LogP contribution in [-0.4, -0.2) is 57.9 Å². The standard InChI is InChI=1S/C24H32N2O3/c1-27-22-11-5-4-9-20(22)8-3-2-6-13-25-14-16-26(17-15-25)21-10-7-12-23-24(21)29-19-18-28-23/h4-5,7,9-12H,2-3,6,8,13-19H2,1H3. The Morgan fingerprint density at radius 3 is 2.55 bits per heavy atom. The van der Waals surface area contributed by atoms with Crippen molar-refractivity contribution in [1.29, 1.82) is 0 Å². The first-order valence-corrected chi connectivity index (χ1v) is 10.8. The Bertz CT molecular complexity index is 787. The van der Waals surface area contributed by atoms with Crippen molar-refractivity contribution < 1.29 is 14.2 Å². The maximum absolute atomic E-state index is 5.89. The summed E-state index contributed by atoms with van der Waals surface area (Å²) in [6, 6.07) is 14.6. The van der Waals surface area contributed by atoms with E-state index in [4.69, 9.17) is 14.2 Å². The number of unbranched alkanes of at least 4 members (excludes halogenated alkanes) is 2. The maximum atomic E-state index is 5.89. The maximum Gasteiger partial charge on any atom is 0.184 e. The van der Waals surface area contributed by atoms with Gasteiger partial charge in [-0.15, -0.1) is 0 Å². The molecule has 0 saturated carbocycles. The first-order chi connectivity index (χ1) is 14.3. The third-order valence-electron chi connectivity index (χ3n) is 5.87. The van der Waals surface area contributed by atoms with Crippen molar-refractivity contribution in [2.75, 3.05) is 57.9 Å². The average Bonchev–Trinajstić information content (AvgIpc) is 2.79. The first-order valence-electron chi connectivity index (χ1n) is 10.8. The molecule has 0 aliphatic carbocycles. The highest BCUT2D eigenvalue weighted by Crippen LogP contribution is 2.39. The third-order valence-corrected chi connectivity index (χ3v) is 5.87. The van der Waals surface area contributed by atoms with Crippen LogP contribution in [0.25, 0.3) is 0 Å². The average molecular weight is 397 g/mol. The van der Waals surface area contributed by atoms with Crippen molar-refractivity contribution in [3.05, 3.63) is 48.0 Å². The number of anilines is 1. The molecule has 0 spiro atoms. The molecule has 5 nitrogen and oxygen atoms in total. The van der Waals surface area contributed by atoms with Gasteiger partial charge < -0.3 is 19.1 Å². The molecule has 156 valence electrons. The van der Waals surface area contributed by atoms with Crippen LogP contribution in [0.15, 0.2) is 42.5 Å². The SMILES string of the molecule is COc1ccccc1CCCCCN1CCN(c2cccc3c2OCCO3)CC1. The van der Waals surface area contributed by atoms with E-state index in [0.717, 1.165) is 49.8 Å². The lowest BCUT2D eigenvalue weighted by Gasteiger charge is -2.37. The summed E-state index contributed by atoms with van der Waals surface area (Å²) in [6.45, 7) is 6.77. The van der Waals surface area contributed by atoms with E-state index in [-0.39, 0.29) is 0 Å². The van der Waals surface area contributed by atoms with Gasteiger partial charge in [-0.05, 0) is 49.6 Å². The predicted molar refractivity (Wildman–Crippen MR) is 117 cm³/mol. The molecule has 2 aliphatic rings. The largest absolute Gasteiger partial charge is 0.496 e. The zero-order valence-corrected chi connectivity index (χ0v) is 17.4. The van der Waals surface area contributed by atoms with Crippen LogP contribution in [0.5, 0.6) is 17.2 Å². The number of hydrogen-bond acceptors (Lipinski definition) is 5. The molecule has 1 saturated heterocycles. The number of rotatable bonds is 8. The number of ether oxygens (including phenoxy) is 3. The van der Waals surface area contributed by atoms with Crippen molar-refractivity contribution in [3.8, 4) is 17.2 Å². The second-order valence-corrected chi connectivity index (χ2v) is 7.75. The molecule has 2 aliphatic heterocycles. The van der Waals surface area contributed by atoms with Gasteiger partial charge in [0.1, 0.15) is 19.0 Å². The van der Waals surface area contributed by atoms with Gasteiger partial charge in [0.15, 0.2) is 11.5 Å². The van der Waals surface area contributed by atoms with Crippen LogP contribution in [0.2, 0.25) is 0 Å². The van der Waals surface area contributed by atoms with Gasteiger partial charge in [0.25, 0.3) is 0 Å².